The fourth-order valence-electron chi connectivity index (χ4n) is 2.59. The topological polar surface area (TPSA) is 34.1 Å². The van der Waals surface area contributed by atoms with E-state index in [1.807, 2.05) is 27.7 Å². The second-order valence-corrected chi connectivity index (χ2v) is 10.1. The Balaban J connectivity index is -0.000000149. The van der Waals surface area contributed by atoms with Gasteiger partial charge < -0.3 is 0 Å². The lowest BCUT2D eigenvalue weighted by molar-refractivity contribution is -0.117. The molecule has 1 aliphatic carbocycles. The van der Waals surface area contributed by atoms with E-state index in [4.69, 9.17) is 11.6 Å². The maximum absolute atomic E-state index is 10.5. The fourth-order valence-corrected chi connectivity index (χ4v) is 2.70. The van der Waals surface area contributed by atoms with Gasteiger partial charge in [0.15, 0.2) is 5.78 Å². The van der Waals surface area contributed by atoms with Gasteiger partial charge in [0.25, 0.3) is 0 Å². The summed E-state index contributed by atoms with van der Waals surface area (Å²) < 4.78 is 0. The molecule has 0 spiro atoms. The van der Waals surface area contributed by atoms with E-state index in [2.05, 4.69) is 41.2 Å². The molecule has 0 amide bonds. The number of hydrogen-bond donors (Lipinski definition) is 0. The maximum Gasteiger partial charge on any atom is 0.155 e. The van der Waals surface area contributed by atoms with Crippen molar-refractivity contribution in [1.29, 1.82) is 0 Å². The van der Waals surface area contributed by atoms with Crippen molar-refractivity contribution < 1.29 is 9.59 Å². The minimum Gasteiger partial charge on any atom is -0.298 e. The average molecular weight is 447 g/mol. The van der Waals surface area contributed by atoms with Crippen molar-refractivity contribution in [3.8, 4) is 0 Å². The normalized spacial score (nSPS) is 12.1. The van der Waals surface area contributed by atoms with Crippen molar-refractivity contribution in [3.63, 3.8) is 0 Å². The van der Waals surface area contributed by atoms with Crippen molar-refractivity contribution >= 4 is 23.2 Å². The molecule has 0 aromatic heterocycles. The zero-order chi connectivity index (χ0) is 23.4. The third-order valence-corrected chi connectivity index (χ3v) is 4.29. The van der Waals surface area contributed by atoms with E-state index >= 15 is 0 Å². The molecule has 0 heterocycles. The molecule has 0 unspecified atom stereocenters. The molecule has 0 aromatic rings. The first-order valence-electron chi connectivity index (χ1n) is 11.6. The van der Waals surface area contributed by atoms with E-state index in [9.17, 15) is 9.59 Å². The van der Waals surface area contributed by atoms with Crippen molar-refractivity contribution in [1.82, 2.24) is 0 Å². The molecule has 0 N–H and O–H groups in total. The number of hydrogen-bond acceptors (Lipinski definition) is 2. The third kappa shape index (κ3) is 41.7. The Morgan fingerprint density at radius 2 is 1.37 bits per heavy atom. The molecular formula is C27H55ClO2. The molecule has 0 aromatic carbocycles. The zero-order valence-electron chi connectivity index (χ0n) is 21.0. The monoisotopic (exact) mass is 446 g/mol. The highest BCUT2D eigenvalue weighted by atomic mass is 35.5. The Bertz CT molecular complexity index is 394. The Kier molecular flexibility index (Phi) is 30.2. The summed E-state index contributed by atoms with van der Waals surface area (Å²) in [4.78, 5) is 21.0. The number of alkyl halides is 1. The van der Waals surface area contributed by atoms with Crippen LogP contribution in [-0.2, 0) is 9.59 Å². The second-order valence-electron chi connectivity index (χ2n) is 9.79. The van der Waals surface area contributed by atoms with Crippen LogP contribution in [0.2, 0.25) is 0 Å². The lowest BCUT2D eigenvalue weighted by Crippen LogP contribution is -2.02. The van der Waals surface area contributed by atoms with Crippen LogP contribution in [0.4, 0.5) is 0 Å². The Hall–Kier alpha value is -0.630. The molecule has 1 aliphatic rings. The Morgan fingerprint density at radius 1 is 0.900 bits per heavy atom. The number of Topliss-reactive ketones (excluding diaryl/α,β-unsaturated/α-hetero) is 1. The lowest BCUT2D eigenvalue weighted by Gasteiger charge is -1.98. The van der Waals surface area contributed by atoms with E-state index in [0.29, 0.717) is 24.7 Å². The molecule has 1 fully saturated rings. The molecule has 0 aliphatic heterocycles. The molecule has 3 heteroatoms. The summed E-state index contributed by atoms with van der Waals surface area (Å²) in [6, 6.07) is 0. The average Bonchev–Trinajstić information content (AvgIpc) is 3.38. The molecule has 1 rings (SSSR count). The van der Waals surface area contributed by atoms with E-state index in [1.165, 1.54) is 38.2 Å². The van der Waals surface area contributed by atoms with Gasteiger partial charge in [-0.1, -0.05) is 102 Å². The minimum atomic E-state index is 0. The van der Waals surface area contributed by atoms with Crippen LogP contribution in [0.5, 0.6) is 0 Å². The van der Waals surface area contributed by atoms with E-state index in [1.54, 1.807) is 0 Å². The number of carbonyl (C=O) groups excluding carboxylic acids is 2. The van der Waals surface area contributed by atoms with Gasteiger partial charge in [-0.15, -0.1) is 11.6 Å². The summed E-state index contributed by atoms with van der Waals surface area (Å²) in [5, 5.41) is 0. The summed E-state index contributed by atoms with van der Waals surface area (Å²) in [6.45, 7) is 22.7. The molecule has 0 bridgehead atoms. The summed E-state index contributed by atoms with van der Waals surface area (Å²) in [5.74, 6) is 4.31. The molecule has 182 valence electrons. The van der Waals surface area contributed by atoms with Gasteiger partial charge in [-0.25, -0.2) is 0 Å². The largest absolute Gasteiger partial charge is 0.298 e. The second kappa shape index (κ2) is 24.6. The van der Waals surface area contributed by atoms with Gasteiger partial charge >= 0.3 is 0 Å². The van der Waals surface area contributed by atoms with E-state index in [0.717, 1.165) is 17.8 Å². The minimum absolute atomic E-state index is 0. The molecule has 1 saturated carbocycles. The van der Waals surface area contributed by atoms with Gasteiger partial charge in [0.2, 0.25) is 0 Å². The Labute approximate surface area is 195 Å². The maximum atomic E-state index is 10.5. The highest BCUT2D eigenvalue weighted by molar-refractivity contribution is 6.27. The fraction of sp³-hybridized carbons (Fsp3) is 0.852. The summed E-state index contributed by atoms with van der Waals surface area (Å²) in [7, 11) is 0. The van der Waals surface area contributed by atoms with Gasteiger partial charge in [-0.05, 0) is 42.1 Å². The molecule has 30 heavy (non-hydrogen) atoms. The zero-order valence-corrected chi connectivity index (χ0v) is 21.8. The molecule has 0 atom stereocenters. The Morgan fingerprint density at radius 3 is 1.47 bits per heavy atom. The van der Waals surface area contributed by atoms with Gasteiger partial charge in [-0.3, -0.25) is 9.59 Å². The molecule has 0 radical (unpaired) electrons. The number of rotatable bonds is 10. The highest BCUT2D eigenvalue weighted by Gasteiger charge is 2.21. The first-order chi connectivity index (χ1) is 13.4. The molecule has 2 nitrogen and oxygen atoms in total. The predicted molar refractivity (Wildman–Crippen MR) is 138 cm³/mol. The summed E-state index contributed by atoms with van der Waals surface area (Å²) >= 11 is 5.25. The van der Waals surface area contributed by atoms with Crippen LogP contribution in [-0.4, -0.2) is 17.4 Å². The smallest absolute Gasteiger partial charge is 0.155 e. The van der Waals surface area contributed by atoms with Gasteiger partial charge in [-0.2, -0.15) is 0 Å². The van der Waals surface area contributed by atoms with Crippen LogP contribution in [0.3, 0.4) is 0 Å². The highest BCUT2D eigenvalue weighted by Crippen LogP contribution is 2.34. The van der Waals surface area contributed by atoms with Crippen LogP contribution in [0, 0.1) is 29.6 Å². The third-order valence-electron chi connectivity index (χ3n) is 3.99. The first-order valence-corrected chi connectivity index (χ1v) is 12.2. The standard InChI is InChI=1S/C7H12O.C7H14.C6H11ClO.C6H14.CH4/c1-4-7(8)5-6(2)3;1-6(2)5-7-3-4-7;1-5(2)3-6(8)4-7;1-4-5-6(2)3;/h4,6H,1,5H2,2-3H3;6-7H,3-5H2,1-2H3;5H,3-4H2,1-2H3;6H,4-5H2,1-3H3;1H4. The number of allylic oxidation sites excluding steroid dienone is 1. The van der Waals surface area contributed by atoms with Crippen molar-refractivity contribution in [2.24, 2.45) is 29.6 Å². The SMILES string of the molecule is C.C=CC(=O)CC(C)C.CC(C)CC(=O)CCl.CC(C)CC1CC1.CCCC(C)C. The lowest BCUT2D eigenvalue weighted by atomic mass is 10.1. The van der Waals surface area contributed by atoms with Crippen molar-refractivity contribution in [2.45, 2.75) is 115 Å². The van der Waals surface area contributed by atoms with Crippen molar-refractivity contribution in [2.75, 3.05) is 5.88 Å². The van der Waals surface area contributed by atoms with Gasteiger partial charge in [0, 0.05) is 12.8 Å². The summed E-state index contributed by atoms with van der Waals surface area (Å²) in [5.41, 5.74) is 0. The summed E-state index contributed by atoms with van der Waals surface area (Å²) in [6.07, 6.45) is 9.82. The van der Waals surface area contributed by atoms with E-state index in [-0.39, 0.29) is 24.9 Å². The van der Waals surface area contributed by atoms with Crippen molar-refractivity contribution in [3.05, 3.63) is 12.7 Å². The van der Waals surface area contributed by atoms with Gasteiger partial charge in [0.1, 0.15) is 5.78 Å². The quantitative estimate of drug-likeness (QED) is 0.247. The van der Waals surface area contributed by atoms with Crippen LogP contribution in [0.25, 0.3) is 0 Å². The van der Waals surface area contributed by atoms with Crippen LogP contribution in [0.15, 0.2) is 12.7 Å². The number of carbonyl (C=O) groups is 2. The van der Waals surface area contributed by atoms with Crippen LogP contribution < -0.4 is 0 Å². The van der Waals surface area contributed by atoms with E-state index < -0.39 is 0 Å². The molecular weight excluding hydrogens is 392 g/mol. The number of halogens is 1. The number of ketones is 2. The van der Waals surface area contributed by atoms with Crippen LogP contribution in [0.1, 0.15) is 115 Å². The van der Waals surface area contributed by atoms with Crippen LogP contribution >= 0.6 is 11.6 Å². The molecule has 0 saturated heterocycles. The van der Waals surface area contributed by atoms with Gasteiger partial charge in [0.05, 0.1) is 5.88 Å². The predicted octanol–water partition coefficient (Wildman–Crippen LogP) is 9.15. The first kappa shape index (κ1) is 36.7.